The molecule has 0 radical (unpaired) electrons. The van der Waals surface area contributed by atoms with Crippen molar-refractivity contribution in [3.8, 4) is 0 Å². The summed E-state index contributed by atoms with van der Waals surface area (Å²) in [6, 6.07) is 6.11. The number of H-pyrrole nitrogens is 1. The zero-order valence-electron chi connectivity index (χ0n) is 13.6. The van der Waals surface area contributed by atoms with Gasteiger partial charge in [-0.25, -0.2) is 4.79 Å². The van der Waals surface area contributed by atoms with Crippen molar-refractivity contribution in [1.29, 1.82) is 0 Å². The summed E-state index contributed by atoms with van der Waals surface area (Å²) in [7, 11) is 0. The number of rotatable bonds is 7. The van der Waals surface area contributed by atoms with Crippen LogP contribution in [0.15, 0.2) is 30.5 Å². The fourth-order valence-corrected chi connectivity index (χ4v) is 2.39. The molecule has 7 heteroatoms. The lowest BCUT2D eigenvalue weighted by atomic mass is 10.0. The minimum atomic E-state index is -1.08. The van der Waals surface area contributed by atoms with Crippen molar-refractivity contribution in [2.24, 2.45) is 5.92 Å². The molecule has 0 aliphatic rings. The molecule has 2 aromatic rings. The second kappa shape index (κ2) is 7.63. The molecular formula is C17H21N3O4. The predicted molar refractivity (Wildman–Crippen MR) is 89.7 cm³/mol. The highest BCUT2D eigenvalue weighted by Gasteiger charge is 2.21. The topological polar surface area (TPSA) is 111 Å². The average Bonchev–Trinajstić information content (AvgIpc) is 2.98. The van der Waals surface area contributed by atoms with E-state index in [1.54, 1.807) is 18.3 Å². The standard InChI is InChI=1S/C17H21N3O4/c1-10(2)7-14(17(23)24)20-15(21)9-19-16(22)12-4-3-11-5-6-18-13(11)8-12/h3-6,8,10,14,18H,7,9H2,1-2H3,(H,19,22)(H,20,21)(H,23,24)/t14-/m0/s1. The van der Waals surface area contributed by atoms with Gasteiger partial charge in [-0.1, -0.05) is 19.9 Å². The molecule has 7 nitrogen and oxygen atoms in total. The van der Waals surface area contributed by atoms with Crippen molar-refractivity contribution >= 4 is 28.7 Å². The molecule has 1 heterocycles. The smallest absolute Gasteiger partial charge is 0.326 e. The Hall–Kier alpha value is -2.83. The molecule has 1 atom stereocenters. The normalized spacial score (nSPS) is 12.1. The number of amides is 2. The van der Waals surface area contributed by atoms with Gasteiger partial charge in [-0.3, -0.25) is 9.59 Å². The molecule has 0 fully saturated rings. The third kappa shape index (κ3) is 4.58. The van der Waals surface area contributed by atoms with Crippen LogP contribution in [0.4, 0.5) is 0 Å². The number of carboxylic acid groups (broad SMARTS) is 1. The second-order valence-electron chi connectivity index (χ2n) is 6.05. The summed E-state index contributed by atoms with van der Waals surface area (Å²) in [6.45, 7) is 3.48. The number of carboxylic acids is 1. The van der Waals surface area contributed by atoms with E-state index in [-0.39, 0.29) is 12.5 Å². The summed E-state index contributed by atoms with van der Waals surface area (Å²) in [5.41, 5.74) is 1.25. The summed E-state index contributed by atoms with van der Waals surface area (Å²) in [6.07, 6.45) is 2.11. The predicted octanol–water partition coefficient (Wildman–Crippen LogP) is 1.51. The lowest BCUT2D eigenvalue weighted by Gasteiger charge is -2.16. The van der Waals surface area contributed by atoms with Crippen molar-refractivity contribution in [1.82, 2.24) is 15.6 Å². The van der Waals surface area contributed by atoms with Gasteiger partial charge >= 0.3 is 5.97 Å². The molecule has 0 saturated heterocycles. The number of fused-ring (bicyclic) bond motifs is 1. The van der Waals surface area contributed by atoms with E-state index in [0.29, 0.717) is 12.0 Å². The molecule has 4 N–H and O–H groups in total. The van der Waals surface area contributed by atoms with Gasteiger partial charge in [-0.15, -0.1) is 0 Å². The van der Waals surface area contributed by atoms with Crippen LogP contribution in [0.2, 0.25) is 0 Å². The van der Waals surface area contributed by atoms with E-state index in [1.165, 1.54) is 0 Å². The van der Waals surface area contributed by atoms with Crippen LogP contribution in [-0.4, -0.2) is 40.5 Å². The maximum atomic E-state index is 12.1. The number of aliphatic carboxylic acids is 1. The number of aromatic nitrogens is 1. The maximum absolute atomic E-state index is 12.1. The lowest BCUT2D eigenvalue weighted by Crippen LogP contribution is -2.46. The second-order valence-corrected chi connectivity index (χ2v) is 6.05. The van der Waals surface area contributed by atoms with Gasteiger partial charge in [0, 0.05) is 17.3 Å². The number of carbonyl (C=O) groups excluding carboxylic acids is 2. The number of carbonyl (C=O) groups is 3. The third-order valence-corrected chi connectivity index (χ3v) is 3.57. The number of hydrogen-bond acceptors (Lipinski definition) is 3. The summed E-state index contributed by atoms with van der Waals surface area (Å²) >= 11 is 0. The van der Waals surface area contributed by atoms with E-state index in [4.69, 9.17) is 5.11 Å². The van der Waals surface area contributed by atoms with E-state index >= 15 is 0 Å². The molecule has 2 rings (SSSR count). The fraction of sp³-hybridized carbons (Fsp3) is 0.353. The number of nitrogens with one attached hydrogen (secondary N) is 3. The first-order valence-corrected chi connectivity index (χ1v) is 7.74. The minimum Gasteiger partial charge on any atom is -0.480 e. The Labute approximate surface area is 139 Å². The van der Waals surface area contributed by atoms with Gasteiger partial charge in [0.25, 0.3) is 5.91 Å². The van der Waals surface area contributed by atoms with E-state index in [1.807, 2.05) is 26.0 Å². The van der Waals surface area contributed by atoms with Crippen molar-refractivity contribution in [3.63, 3.8) is 0 Å². The van der Waals surface area contributed by atoms with Crippen LogP contribution in [0.25, 0.3) is 10.9 Å². The summed E-state index contributed by atoms with van der Waals surface area (Å²) in [5, 5.41) is 15.0. The average molecular weight is 331 g/mol. The quantitative estimate of drug-likeness (QED) is 0.616. The molecule has 24 heavy (non-hydrogen) atoms. The highest BCUT2D eigenvalue weighted by atomic mass is 16.4. The van der Waals surface area contributed by atoms with Crippen LogP contribution in [0.1, 0.15) is 30.6 Å². The van der Waals surface area contributed by atoms with Gasteiger partial charge in [0.05, 0.1) is 6.54 Å². The highest BCUT2D eigenvalue weighted by molar-refractivity contribution is 5.99. The molecule has 0 spiro atoms. The Morgan fingerprint density at radius 3 is 2.62 bits per heavy atom. The fourth-order valence-electron chi connectivity index (χ4n) is 2.39. The molecule has 128 valence electrons. The monoisotopic (exact) mass is 331 g/mol. The number of hydrogen-bond donors (Lipinski definition) is 4. The zero-order valence-corrected chi connectivity index (χ0v) is 13.6. The molecule has 0 aliphatic carbocycles. The minimum absolute atomic E-state index is 0.133. The molecule has 2 amide bonds. The summed E-state index contributed by atoms with van der Waals surface area (Å²) in [4.78, 5) is 38.1. The summed E-state index contributed by atoms with van der Waals surface area (Å²) in [5.74, 6) is -1.87. The SMILES string of the molecule is CC(C)C[C@H](NC(=O)CNC(=O)c1ccc2cc[nH]c2c1)C(=O)O. The van der Waals surface area contributed by atoms with Crippen LogP contribution in [0, 0.1) is 5.92 Å². The Morgan fingerprint density at radius 1 is 1.21 bits per heavy atom. The van der Waals surface area contributed by atoms with E-state index in [0.717, 1.165) is 10.9 Å². The van der Waals surface area contributed by atoms with Crippen molar-refractivity contribution in [2.45, 2.75) is 26.3 Å². The Kier molecular flexibility index (Phi) is 5.57. The molecular weight excluding hydrogens is 310 g/mol. The Morgan fingerprint density at radius 2 is 1.96 bits per heavy atom. The molecule has 1 aromatic heterocycles. The first-order chi connectivity index (χ1) is 11.4. The lowest BCUT2D eigenvalue weighted by molar-refractivity contribution is -0.142. The van der Waals surface area contributed by atoms with Crippen LogP contribution in [0.3, 0.4) is 0 Å². The Balaban J connectivity index is 1.90. The van der Waals surface area contributed by atoms with Crippen LogP contribution in [0.5, 0.6) is 0 Å². The van der Waals surface area contributed by atoms with Gasteiger partial charge in [-0.05, 0) is 35.9 Å². The molecule has 0 bridgehead atoms. The van der Waals surface area contributed by atoms with Crippen molar-refractivity contribution < 1.29 is 19.5 Å². The van der Waals surface area contributed by atoms with Gasteiger partial charge in [-0.2, -0.15) is 0 Å². The first kappa shape index (κ1) is 17.5. The molecule has 1 aromatic carbocycles. The number of benzene rings is 1. The van der Waals surface area contributed by atoms with E-state index < -0.39 is 23.8 Å². The van der Waals surface area contributed by atoms with E-state index in [9.17, 15) is 14.4 Å². The summed E-state index contributed by atoms with van der Waals surface area (Å²) < 4.78 is 0. The Bertz CT molecular complexity index is 751. The van der Waals surface area contributed by atoms with Crippen LogP contribution < -0.4 is 10.6 Å². The molecule has 0 saturated carbocycles. The van der Waals surface area contributed by atoms with Gasteiger partial charge in [0.15, 0.2) is 0 Å². The number of aromatic amines is 1. The third-order valence-electron chi connectivity index (χ3n) is 3.57. The van der Waals surface area contributed by atoms with Crippen molar-refractivity contribution in [3.05, 3.63) is 36.0 Å². The first-order valence-electron chi connectivity index (χ1n) is 7.74. The zero-order chi connectivity index (χ0) is 17.7. The van der Waals surface area contributed by atoms with Gasteiger partial charge in [0.1, 0.15) is 6.04 Å². The maximum Gasteiger partial charge on any atom is 0.326 e. The molecule has 0 unspecified atom stereocenters. The van der Waals surface area contributed by atoms with Gasteiger partial charge in [0.2, 0.25) is 5.91 Å². The van der Waals surface area contributed by atoms with Crippen LogP contribution >= 0.6 is 0 Å². The van der Waals surface area contributed by atoms with Gasteiger partial charge < -0.3 is 20.7 Å². The molecule has 0 aliphatic heterocycles. The largest absolute Gasteiger partial charge is 0.480 e. The van der Waals surface area contributed by atoms with Crippen molar-refractivity contribution in [2.75, 3.05) is 6.54 Å². The highest BCUT2D eigenvalue weighted by Crippen LogP contribution is 2.14. The van der Waals surface area contributed by atoms with Crippen LogP contribution in [-0.2, 0) is 9.59 Å². The van der Waals surface area contributed by atoms with E-state index in [2.05, 4.69) is 15.6 Å².